The third-order valence-electron chi connectivity index (χ3n) is 3.91. The Morgan fingerprint density at radius 3 is 3.00 bits per heavy atom. The number of β-amino-alcohol motifs (C(OH)–C–C–N with tert-alkyl or cyclic N) is 1. The molecule has 0 spiro atoms. The van der Waals surface area contributed by atoms with Crippen LogP contribution in [0, 0.1) is 0 Å². The average Bonchev–Trinajstić information content (AvgIpc) is 2.93. The molecule has 1 aromatic carbocycles. The molecule has 1 saturated heterocycles. The van der Waals surface area contributed by atoms with Gasteiger partial charge in [-0.25, -0.2) is 4.98 Å². The number of aliphatic hydroxyl groups is 1. The Morgan fingerprint density at radius 2 is 2.29 bits per heavy atom. The van der Waals surface area contributed by atoms with Gasteiger partial charge in [-0.15, -0.1) is 0 Å². The molecule has 1 atom stereocenters. The van der Waals surface area contributed by atoms with Crippen LogP contribution in [0.2, 0.25) is 0 Å². The molecule has 2 heterocycles. The van der Waals surface area contributed by atoms with E-state index in [9.17, 15) is 9.90 Å². The SMILES string of the molecule is Cn1cncc1-c1cccc(C(=O)N2CCCC(O)C2)c1. The van der Waals surface area contributed by atoms with Crippen LogP contribution in [0.25, 0.3) is 11.3 Å². The van der Waals surface area contributed by atoms with Crippen molar-refractivity contribution in [3.8, 4) is 11.3 Å². The molecule has 0 aliphatic carbocycles. The lowest BCUT2D eigenvalue weighted by atomic mass is 10.0. The van der Waals surface area contributed by atoms with Gasteiger partial charge in [0.25, 0.3) is 5.91 Å². The molecule has 21 heavy (non-hydrogen) atoms. The van der Waals surface area contributed by atoms with E-state index in [2.05, 4.69) is 4.98 Å². The molecule has 1 aliphatic heterocycles. The number of piperidine rings is 1. The fraction of sp³-hybridized carbons (Fsp3) is 0.375. The summed E-state index contributed by atoms with van der Waals surface area (Å²) in [7, 11) is 1.93. The van der Waals surface area contributed by atoms with E-state index < -0.39 is 6.10 Å². The van der Waals surface area contributed by atoms with E-state index >= 15 is 0 Å². The molecular formula is C16H19N3O2. The number of rotatable bonds is 2. The highest BCUT2D eigenvalue weighted by atomic mass is 16.3. The number of amides is 1. The minimum Gasteiger partial charge on any atom is -0.391 e. The first-order valence-corrected chi connectivity index (χ1v) is 7.19. The van der Waals surface area contributed by atoms with Crippen LogP contribution in [0.4, 0.5) is 0 Å². The Morgan fingerprint density at radius 1 is 1.43 bits per heavy atom. The van der Waals surface area contributed by atoms with Crippen molar-refractivity contribution in [3.63, 3.8) is 0 Å². The van der Waals surface area contributed by atoms with Crippen molar-refractivity contribution in [1.29, 1.82) is 0 Å². The number of carbonyl (C=O) groups excluding carboxylic acids is 1. The third kappa shape index (κ3) is 2.83. The Balaban J connectivity index is 1.86. The predicted octanol–water partition coefficient (Wildman–Crippen LogP) is 1.68. The summed E-state index contributed by atoms with van der Waals surface area (Å²) in [6.45, 7) is 1.14. The van der Waals surface area contributed by atoms with Crippen LogP contribution >= 0.6 is 0 Å². The maximum absolute atomic E-state index is 12.5. The van der Waals surface area contributed by atoms with Crippen molar-refractivity contribution < 1.29 is 9.90 Å². The summed E-state index contributed by atoms with van der Waals surface area (Å²) in [5.41, 5.74) is 2.60. The van der Waals surface area contributed by atoms with Crippen LogP contribution in [0.5, 0.6) is 0 Å². The van der Waals surface area contributed by atoms with E-state index in [1.807, 2.05) is 35.9 Å². The van der Waals surface area contributed by atoms with E-state index in [0.717, 1.165) is 24.1 Å². The molecule has 1 fully saturated rings. The normalized spacial score (nSPS) is 18.8. The number of benzene rings is 1. The van der Waals surface area contributed by atoms with Crippen molar-refractivity contribution in [1.82, 2.24) is 14.5 Å². The highest BCUT2D eigenvalue weighted by Gasteiger charge is 2.23. The van der Waals surface area contributed by atoms with Gasteiger partial charge in [0.05, 0.1) is 24.3 Å². The predicted molar refractivity (Wildman–Crippen MR) is 79.8 cm³/mol. The van der Waals surface area contributed by atoms with Crippen molar-refractivity contribution in [2.75, 3.05) is 13.1 Å². The molecule has 1 N–H and O–H groups in total. The quantitative estimate of drug-likeness (QED) is 0.913. The van der Waals surface area contributed by atoms with Crippen molar-refractivity contribution in [2.45, 2.75) is 18.9 Å². The largest absolute Gasteiger partial charge is 0.391 e. The number of hydrogen-bond donors (Lipinski definition) is 1. The van der Waals surface area contributed by atoms with Gasteiger partial charge in [0.1, 0.15) is 0 Å². The zero-order chi connectivity index (χ0) is 14.8. The van der Waals surface area contributed by atoms with Crippen LogP contribution in [0.15, 0.2) is 36.8 Å². The van der Waals surface area contributed by atoms with E-state index in [0.29, 0.717) is 18.7 Å². The first-order valence-electron chi connectivity index (χ1n) is 7.19. The fourth-order valence-corrected chi connectivity index (χ4v) is 2.77. The van der Waals surface area contributed by atoms with Gasteiger partial charge in [-0.05, 0) is 25.0 Å². The second-order valence-corrected chi connectivity index (χ2v) is 5.52. The van der Waals surface area contributed by atoms with Gasteiger partial charge in [0, 0.05) is 31.3 Å². The number of aryl methyl sites for hydroxylation is 1. The minimum absolute atomic E-state index is 0.0160. The lowest BCUT2D eigenvalue weighted by Crippen LogP contribution is -2.42. The molecule has 5 nitrogen and oxygen atoms in total. The summed E-state index contributed by atoms with van der Waals surface area (Å²) in [6, 6.07) is 7.57. The maximum Gasteiger partial charge on any atom is 0.253 e. The maximum atomic E-state index is 12.5. The van der Waals surface area contributed by atoms with Crippen molar-refractivity contribution in [3.05, 3.63) is 42.4 Å². The zero-order valence-corrected chi connectivity index (χ0v) is 12.1. The molecule has 1 unspecified atom stereocenters. The number of likely N-dealkylation sites (tertiary alicyclic amines) is 1. The van der Waals surface area contributed by atoms with Crippen LogP contribution in [-0.2, 0) is 7.05 Å². The number of aliphatic hydroxyl groups excluding tert-OH is 1. The summed E-state index contributed by atoms with van der Waals surface area (Å²) < 4.78 is 1.92. The molecule has 0 saturated carbocycles. The Hall–Kier alpha value is -2.14. The van der Waals surface area contributed by atoms with Gasteiger partial charge in [-0.3, -0.25) is 4.79 Å². The van der Waals surface area contributed by atoms with Gasteiger partial charge in [0.15, 0.2) is 0 Å². The third-order valence-corrected chi connectivity index (χ3v) is 3.91. The molecule has 0 bridgehead atoms. The lowest BCUT2D eigenvalue weighted by Gasteiger charge is -2.30. The summed E-state index contributed by atoms with van der Waals surface area (Å²) in [5, 5.41) is 9.71. The average molecular weight is 285 g/mol. The van der Waals surface area contributed by atoms with Gasteiger partial charge < -0.3 is 14.6 Å². The molecule has 110 valence electrons. The highest BCUT2D eigenvalue weighted by molar-refractivity contribution is 5.95. The van der Waals surface area contributed by atoms with Crippen LogP contribution in [0.3, 0.4) is 0 Å². The van der Waals surface area contributed by atoms with Crippen molar-refractivity contribution >= 4 is 5.91 Å². The molecular weight excluding hydrogens is 266 g/mol. The number of nitrogens with zero attached hydrogens (tertiary/aromatic N) is 3. The van der Waals surface area contributed by atoms with E-state index in [-0.39, 0.29) is 5.91 Å². The van der Waals surface area contributed by atoms with Gasteiger partial charge in [-0.1, -0.05) is 12.1 Å². The lowest BCUT2D eigenvalue weighted by molar-refractivity contribution is 0.0474. The van der Waals surface area contributed by atoms with E-state index in [4.69, 9.17) is 0 Å². The topological polar surface area (TPSA) is 58.4 Å². The standard InChI is InChI=1S/C16H19N3O2/c1-18-11-17-9-15(18)12-4-2-5-13(8-12)16(21)19-7-3-6-14(20)10-19/h2,4-5,8-9,11,14,20H,3,6-7,10H2,1H3. The number of imidazole rings is 1. The zero-order valence-electron chi connectivity index (χ0n) is 12.1. The Kier molecular flexibility index (Phi) is 3.75. The second kappa shape index (κ2) is 5.69. The minimum atomic E-state index is -0.400. The second-order valence-electron chi connectivity index (χ2n) is 5.52. The monoisotopic (exact) mass is 285 g/mol. The first kappa shape index (κ1) is 13.8. The van der Waals surface area contributed by atoms with Gasteiger partial charge in [-0.2, -0.15) is 0 Å². The van der Waals surface area contributed by atoms with Gasteiger partial charge >= 0.3 is 0 Å². The molecule has 1 aromatic heterocycles. The molecule has 5 heteroatoms. The number of aromatic nitrogens is 2. The first-order chi connectivity index (χ1) is 10.1. The number of carbonyl (C=O) groups is 1. The molecule has 1 amide bonds. The molecule has 0 radical (unpaired) electrons. The van der Waals surface area contributed by atoms with Crippen LogP contribution < -0.4 is 0 Å². The summed E-state index contributed by atoms with van der Waals surface area (Å²) >= 11 is 0. The van der Waals surface area contributed by atoms with Crippen molar-refractivity contribution in [2.24, 2.45) is 7.05 Å². The van der Waals surface area contributed by atoms with E-state index in [1.54, 1.807) is 17.4 Å². The highest BCUT2D eigenvalue weighted by Crippen LogP contribution is 2.21. The Labute approximate surface area is 123 Å². The van der Waals surface area contributed by atoms with Crippen LogP contribution in [0.1, 0.15) is 23.2 Å². The summed E-state index contributed by atoms with van der Waals surface area (Å²) in [5.74, 6) is -0.0160. The van der Waals surface area contributed by atoms with Gasteiger partial charge in [0.2, 0.25) is 0 Å². The fourth-order valence-electron chi connectivity index (χ4n) is 2.77. The molecule has 3 rings (SSSR count). The molecule has 2 aromatic rings. The molecule has 1 aliphatic rings. The Bertz CT molecular complexity index is 650. The summed E-state index contributed by atoms with van der Waals surface area (Å²) in [4.78, 5) is 18.4. The smallest absolute Gasteiger partial charge is 0.253 e. The van der Waals surface area contributed by atoms with E-state index in [1.165, 1.54) is 0 Å². The summed E-state index contributed by atoms with van der Waals surface area (Å²) in [6.07, 6.45) is 4.76. The number of hydrogen-bond acceptors (Lipinski definition) is 3. The van der Waals surface area contributed by atoms with Crippen LogP contribution in [-0.4, -0.2) is 44.7 Å².